The molecule has 34 heavy (non-hydrogen) atoms. The minimum Gasteiger partial charge on any atom is -0.465 e. The lowest BCUT2D eigenvalue weighted by molar-refractivity contribution is -0.113. The molecule has 0 aliphatic heterocycles. The molecule has 0 unspecified atom stereocenters. The summed E-state index contributed by atoms with van der Waals surface area (Å²) in [6, 6.07) is 4.24. The molecule has 1 aliphatic carbocycles. The molecule has 9 nitrogen and oxygen atoms in total. The van der Waals surface area contributed by atoms with E-state index in [4.69, 9.17) is 9.47 Å². The predicted molar refractivity (Wildman–Crippen MR) is 129 cm³/mol. The summed E-state index contributed by atoms with van der Waals surface area (Å²) >= 11 is 3.01. The highest BCUT2D eigenvalue weighted by atomic mass is 32.2. The Morgan fingerprint density at radius 2 is 1.88 bits per heavy atom. The van der Waals surface area contributed by atoms with Gasteiger partial charge in [-0.15, -0.1) is 21.5 Å². The molecule has 178 valence electrons. The second-order valence-corrected chi connectivity index (χ2v) is 9.61. The van der Waals surface area contributed by atoms with Crippen LogP contribution in [0.25, 0.3) is 11.4 Å². The Bertz CT molecular complexity index is 1250. The lowest BCUT2D eigenvalue weighted by Gasteiger charge is -2.12. The van der Waals surface area contributed by atoms with Crippen LogP contribution in [0.5, 0.6) is 0 Å². The first-order valence-corrected chi connectivity index (χ1v) is 12.5. The van der Waals surface area contributed by atoms with Crippen molar-refractivity contribution < 1.29 is 23.9 Å². The van der Waals surface area contributed by atoms with Gasteiger partial charge in [0.1, 0.15) is 0 Å². The van der Waals surface area contributed by atoms with Crippen molar-refractivity contribution in [2.45, 2.75) is 30.8 Å². The Morgan fingerprint density at radius 1 is 1.12 bits per heavy atom. The maximum atomic E-state index is 12.7. The number of aryl methyl sites for hydroxylation is 1. The molecule has 3 aromatic rings. The number of ether oxygens (including phenoxy) is 2. The molecule has 1 aliphatic rings. The normalized spacial score (nSPS) is 12.7. The summed E-state index contributed by atoms with van der Waals surface area (Å²) in [6.45, 7) is 0. The van der Waals surface area contributed by atoms with Gasteiger partial charge in [0.05, 0.1) is 36.8 Å². The summed E-state index contributed by atoms with van der Waals surface area (Å²) in [7, 11) is 4.39. The SMILES string of the molecule is COC(=O)c1ccc(C(=O)OC)c(NC(=O)CSc2nnc(-c3csc4c3CCCC4)n2C)c1. The second kappa shape index (κ2) is 10.4. The average Bonchev–Trinajstić information content (AvgIpc) is 3.44. The number of carbonyl (C=O) groups is 3. The van der Waals surface area contributed by atoms with Crippen LogP contribution in [0.2, 0.25) is 0 Å². The molecule has 0 spiro atoms. The molecule has 0 fully saturated rings. The maximum absolute atomic E-state index is 12.7. The van der Waals surface area contributed by atoms with E-state index in [0.29, 0.717) is 5.16 Å². The van der Waals surface area contributed by atoms with Gasteiger partial charge in [-0.2, -0.15) is 0 Å². The van der Waals surface area contributed by atoms with Gasteiger partial charge in [0.2, 0.25) is 5.91 Å². The summed E-state index contributed by atoms with van der Waals surface area (Å²) in [5.41, 5.74) is 2.99. The number of esters is 2. The molecule has 1 amide bonds. The van der Waals surface area contributed by atoms with Crippen molar-refractivity contribution in [2.24, 2.45) is 7.05 Å². The third-order valence-electron chi connectivity index (χ3n) is 5.59. The van der Waals surface area contributed by atoms with Crippen molar-refractivity contribution in [1.29, 1.82) is 0 Å². The van der Waals surface area contributed by atoms with Crippen LogP contribution in [0.3, 0.4) is 0 Å². The zero-order valence-corrected chi connectivity index (χ0v) is 20.7. The zero-order chi connectivity index (χ0) is 24.2. The number of aromatic nitrogens is 3. The lowest BCUT2D eigenvalue weighted by atomic mass is 9.96. The summed E-state index contributed by atoms with van der Waals surface area (Å²) in [5, 5.41) is 14.1. The summed E-state index contributed by atoms with van der Waals surface area (Å²) in [6.07, 6.45) is 4.58. The first-order chi connectivity index (χ1) is 16.4. The molecule has 1 N–H and O–H groups in total. The number of hydrogen-bond donors (Lipinski definition) is 1. The van der Waals surface area contributed by atoms with Gasteiger partial charge in [-0.1, -0.05) is 11.8 Å². The molecule has 2 aromatic heterocycles. The fourth-order valence-corrected chi connectivity index (χ4v) is 5.69. The van der Waals surface area contributed by atoms with Crippen molar-refractivity contribution in [3.05, 3.63) is 45.1 Å². The van der Waals surface area contributed by atoms with Crippen LogP contribution in [0.1, 0.15) is 44.0 Å². The number of amides is 1. The molecule has 2 heterocycles. The van der Waals surface area contributed by atoms with Gasteiger partial charge < -0.3 is 19.4 Å². The quantitative estimate of drug-likeness (QED) is 0.386. The van der Waals surface area contributed by atoms with E-state index >= 15 is 0 Å². The molecule has 11 heteroatoms. The number of thiophene rings is 1. The summed E-state index contributed by atoms with van der Waals surface area (Å²) < 4.78 is 11.4. The topological polar surface area (TPSA) is 112 Å². The molecule has 0 saturated heterocycles. The van der Waals surface area contributed by atoms with Gasteiger partial charge in [-0.3, -0.25) is 4.79 Å². The van der Waals surface area contributed by atoms with Crippen LogP contribution < -0.4 is 5.32 Å². The molecule has 0 radical (unpaired) electrons. The minimum absolute atomic E-state index is 0.0385. The van der Waals surface area contributed by atoms with Crippen molar-refractivity contribution in [3.63, 3.8) is 0 Å². The Morgan fingerprint density at radius 3 is 2.65 bits per heavy atom. The number of methoxy groups -OCH3 is 2. The van der Waals surface area contributed by atoms with Crippen LogP contribution >= 0.6 is 23.1 Å². The first-order valence-electron chi connectivity index (χ1n) is 10.6. The van der Waals surface area contributed by atoms with Crippen molar-refractivity contribution in [2.75, 3.05) is 25.3 Å². The molecule has 1 aromatic carbocycles. The monoisotopic (exact) mass is 500 g/mol. The van der Waals surface area contributed by atoms with E-state index in [9.17, 15) is 14.4 Å². The van der Waals surface area contributed by atoms with Crippen LogP contribution in [0.15, 0.2) is 28.7 Å². The minimum atomic E-state index is -0.628. The smallest absolute Gasteiger partial charge is 0.339 e. The number of rotatable bonds is 7. The molecule has 4 rings (SSSR count). The highest BCUT2D eigenvalue weighted by Crippen LogP contribution is 2.36. The third kappa shape index (κ3) is 4.85. The number of fused-ring (bicyclic) bond motifs is 1. The Hall–Kier alpha value is -3.18. The van der Waals surface area contributed by atoms with E-state index in [0.717, 1.165) is 24.2 Å². The molecule has 0 atom stereocenters. The maximum Gasteiger partial charge on any atom is 0.339 e. The van der Waals surface area contributed by atoms with E-state index in [-0.39, 0.29) is 28.5 Å². The van der Waals surface area contributed by atoms with Gasteiger partial charge in [0.15, 0.2) is 11.0 Å². The fraction of sp³-hybridized carbons (Fsp3) is 0.348. The number of nitrogens with one attached hydrogen (secondary N) is 1. The van der Waals surface area contributed by atoms with E-state index in [1.165, 1.54) is 67.5 Å². The molecular weight excluding hydrogens is 476 g/mol. The lowest BCUT2D eigenvalue weighted by Crippen LogP contribution is -2.18. The number of nitrogens with zero attached hydrogens (tertiary/aromatic N) is 3. The number of hydrogen-bond acceptors (Lipinski definition) is 9. The van der Waals surface area contributed by atoms with E-state index in [1.54, 1.807) is 11.3 Å². The van der Waals surface area contributed by atoms with Gasteiger partial charge in [0.25, 0.3) is 0 Å². The Labute approximate surface area is 204 Å². The van der Waals surface area contributed by atoms with Gasteiger partial charge in [-0.05, 0) is 49.4 Å². The largest absolute Gasteiger partial charge is 0.465 e. The number of benzene rings is 1. The summed E-state index contributed by atoms with van der Waals surface area (Å²) in [4.78, 5) is 38.1. The average molecular weight is 501 g/mol. The first kappa shape index (κ1) is 24.0. The highest BCUT2D eigenvalue weighted by Gasteiger charge is 2.22. The van der Waals surface area contributed by atoms with E-state index in [1.807, 2.05) is 11.6 Å². The fourth-order valence-electron chi connectivity index (χ4n) is 3.85. The standard InChI is InChI=1S/C23H24N4O5S2/c1-27-20(16-11-33-18-7-5-4-6-14(16)18)25-26-23(27)34-12-19(28)24-17-10-13(21(29)31-2)8-9-15(17)22(30)32-3/h8-11H,4-7,12H2,1-3H3,(H,24,28). The Balaban J connectivity index is 1.47. The van der Waals surface area contributed by atoms with Crippen LogP contribution in [0, 0.1) is 0 Å². The van der Waals surface area contributed by atoms with Gasteiger partial charge in [-0.25, -0.2) is 9.59 Å². The highest BCUT2D eigenvalue weighted by molar-refractivity contribution is 7.99. The molecule has 0 bridgehead atoms. The van der Waals surface area contributed by atoms with Crippen LogP contribution in [-0.2, 0) is 34.2 Å². The van der Waals surface area contributed by atoms with Gasteiger partial charge >= 0.3 is 11.9 Å². The third-order valence-corrected chi connectivity index (χ3v) is 7.70. The molecular formula is C23H24N4O5S2. The van der Waals surface area contributed by atoms with E-state index < -0.39 is 11.9 Å². The summed E-state index contributed by atoms with van der Waals surface area (Å²) in [5.74, 6) is -0.743. The molecule has 0 saturated carbocycles. The number of thioether (sulfide) groups is 1. The van der Waals surface area contributed by atoms with Crippen LogP contribution in [0.4, 0.5) is 5.69 Å². The van der Waals surface area contributed by atoms with Crippen molar-refractivity contribution in [1.82, 2.24) is 14.8 Å². The Kier molecular flexibility index (Phi) is 7.32. The van der Waals surface area contributed by atoms with Gasteiger partial charge in [0, 0.05) is 22.9 Å². The van der Waals surface area contributed by atoms with Crippen molar-refractivity contribution in [3.8, 4) is 11.4 Å². The van der Waals surface area contributed by atoms with E-state index in [2.05, 4.69) is 20.9 Å². The predicted octanol–water partition coefficient (Wildman–Crippen LogP) is 3.73. The number of carbonyl (C=O) groups excluding carboxylic acids is 3. The second-order valence-electron chi connectivity index (χ2n) is 7.70. The zero-order valence-electron chi connectivity index (χ0n) is 19.0. The number of anilines is 1. The van der Waals surface area contributed by atoms with Crippen molar-refractivity contribution >= 4 is 46.6 Å². The van der Waals surface area contributed by atoms with Crippen LogP contribution in [-0.4, -0.2) is 52.6 Å².